The first kappa shape index (κ1) is 16.4. The molecule has 1 aliphatic heterocycles. The lowest BCUT2D eigenvalue weighted by Gasteiger charge is -2.33. The lowest BCUT2D eigenvalue weighted by Crippen LogP contribution is -2.35. The fraction of sp³-hybridized carbons (Fsp3) is 0.375. The molecule has 24 heavy (non-hydrogen) atoms. The van der Waals surface area contributed by atoms with Crippen molar-refractivity contribution in [1.82, 2.24) is 9.78 Å². The summed E-state index contributed by atoms with van der Waals surface area (Å²) in [4.78, 5) is 11.6. The van der Waals surface area contributed by atoms with Crippen LogP contribution in [0.15, 0.2) is 30.3 Å². The Morgan fingerprint density at radius 3 is 2.58 bits per heavy atom. The van der Waals surface area contributed by atoms with E-state index in [1.165, 1.54) is 6.07 Å². The van der Waals surface area contributed by atoms with E-state index < -0.39 is 24.2 Å². The van der Waals surface area contributed by atoms with Crippen LogP contribution in [0.2, 0.25) is 0 Å². The van der Waals surface area contributed by atoms with E-state index in [-0.39, 0.29) is 17.9 Å². The summed E-state index contributed by atoms with van der Waals surface area (Å²) >= 11 is 0. The molecule has 0 fully saturated rings. The van der Waals surface area contributed by atoms with Gasteiger partial charge in [0.25, 0.3) is 0 Å². The molecule has 0 saturated heterocycles. The Morgan fingerprint density at radius 1 is 1.33 bits per heavy atom. The number of alkyl halides is 3. The van der Waals surface area contributed by atoms with Gasteiger partial charge >= 0.3 is 12.1 Å². The predicted molar refractivity (Wildman–Crippen MR) is 80.8 cm³/mol. The van der Waals surface area contributed by atoms with E-state index in [1.54, 1.807) is 12.1 Å². The number of ether oxygens (including phenoxy) is 1. The van der Waals surface area contributed by atoms with Gasteiger partial charge < -0.3 is 10.1 Å². The van der Waals surface area contributed by atoms with Crippen LogP contribution < -0.4 is 5.32 Å². The van der Waals surface area contributed by atoms with Crippen LogP contribution in [-0.4, -0.2) is 29.0 Å². The Kier molecular flexibility index (Phi) is 3.98. The molecule has 8 heteroatoms. The molecule has 0 spiro atoms. The molecule has 2 unspecified atom stereocenters. The van der Waals surface area contributed by atoms with E-state index in [0.29, 0.717) is 0 Å². The number of carbonyl (C=O) groups excluding carboxylic acids is 1. The van der Waals surface area contributed by atoms with Crippen molar-refractivity contribution in [3.8, 4) is 0 Å². The van der Waals surface area contributed by atoms with Crippen LogP contribution in [0.4, 0.5) is 19.0 Å². The van der Waals surface area contributed by atoms with Crippen LogP contribution in [0, 0.1) is 6.92 Å². The van der Waals surface area contributed by atoms with Gasteiger partial charge in [-0.05, 0) is 12.5 Å². The molecule has 1 aromatic carbocycles. The number of aromatic nitrogens is 2. The SMILES string of the molecule is COC(=O)c1cc2n(n1)C(C(F)(F)F)CC(c1ccc(C)cc1)N2. The highest BCUT2D eigenvalue weighted by Gasteiger charge is 2.46. The molecule has 0 bridgehead atoms. The summed E-state index contributed by atoms with van der Waals surface area (Å²) in [5.41, 5.74) is 1.63. The highest BCUT2D eigenvalue weighted by Crippen LogP contribution is 2.43. The summed E-state index contributed by atoms with van der Waals surface area (Å²) in [7, 11) is 1.16. The van der Waals surface area contributed by atoms with Crippen molar-refractivity contribution in [3.05, 3.63) is 47.2 Å². The molecule has 2 heterocycles. The van der Waals surface area contributed by atoms with Gasteiger partial charge in [0.2, 0.25) is 0 Å². The highest BCUT2D eigenvalue weighted by atomic mass is 19.4. The van der Waals surface area contributed by atoms with Crippen LogP contribution in [0.5, 0.6) is 0 Å². The first-order chi connectivity index (χ1) is 11.3. The van der Waals surface area contributed by atoms with Gasteiger partial charge in [-0.2, -0.15) is 18.3 Å². The molecule has 3 rings (SSSR count). The van der Waals surface area contributed by atoms with Crippen molar-refractivity contribution in [1.29, 1.82) is 0 Å². The van der Waals surface area contributed by atoms with Gasteiger partial charge in [-0.15, -0.1) is 0 Å². The molecule has 1 aromatic heterocycles. The van der Waals surface area contributed by atoms with Gasteiger partial charge in [0.1, 0.15) is 5.82 Å². The van der Waals surface area contributed by atoms with E-state index in [4.69, 9.17) is 0 Å². The van der Waals surface area contributed by atoms with Gasteiger partial charge in [-0.25, -0.2) is 9.48 Å². The lowest BCUT2D eigenvalue weighted by atomic mass is 9.96. The van der Waals surface area contributed by atoms with Crippen molar-refractivity contribution in [2.24, 2.45) is 0 Å². The molecule has 2 atom stereocenters. The minimum atomic E-state index is -4.47. The number of fused-ring (bicyclic) bond motifs is 1. The molecule has 0 radical (unpaired) electrons. The second-order valence-electron chi connectivity index (χ2n) is 5.75. The summed E-state index contributed by atoms with van der Waals surface area (Å²) < 4.78 is 45.7. The van der Waals surface area contributed by atoms with E-state index in [0.717, 1.165) is 22.9 Å². The molecule has 0 aliphatic carbocycles. The zero-order valence-electron chi connectivity index (χ0n) is 13.1. The quantitative estimate of drug-likeness (QED) is 0.849. The third-order valence-corrected chi connectivity index (χ3v) is 4.06. The number of hydrogen-bond acceptors (Lipinski definition) is 4. The number of methoxy groups -OCH3 is 1. The zero-order chi connectivity index (χ0) is 17.5. The van der Waals surface area contributed by atoms with Crippen LogP contribution in [0.1, 0.15) is 40.1 Å². The number of rotatable bonds is 2. The van der Waals surface area contributed by atoms with Crippen LogP contribution in [0.3, 0.4) is 0 Å². The van der Waals surface area contributed by atoms with Crippen LogP contribution in [0.25, 0.3) is 0 Å². The Morgan fingerprint density at radius 2 is 2.00 bits per heavy atom. The molecule has 1 aliphatic rings. The van der Waals surface area contributed by atoms with Gasteiger partial charge in [-0.1, -0.05) is 29.8 Å². The number of halogens is 3. The van der Waals surface area contributed by atoms with Gasteiger partial charge in [0.15, 0.2) is 11.7 Å². The second kappa shape index (κ2) is 5.85. The largest absolute Gasteiger partial charge is 0.464 e. The minimum absolute atomic E-state index is 0.148. The van der Waals surface area contributed by atoms with Crippen molar-refractivity contribution in [2.45, 2.75) is 31.6 Å². The average molecular weight is 339 g/mol. The highest BCUT2D eigenvalue weighted by molar-refractivity contribution is 5.88. The number of hydrogen-bond donors (Lipinski definition) is 1. The second-order valence-corrected chi connectivity index (χ2v) is 5.75. The average Bonchev–Trinajstić information content (AvgIpc) is 2.96. The number of anilines is 1. The summed E-state index contributed by atoms with van der Waals surface area (Å²) in [5, 5.41) is 6.80. The Bertz CT molecular complexity index is 753. The third-order valence-electron chi connectivity index (χ3n) is 4.06. The minimum Gasteiger partial charge on any atom is -0.464 e. The van der Waals surface area contributed by atoms with Crippen molar-refractivity contribution < 1.29 is 22.7 Å². The molecular weight excluding hydrogens is 323 g/mol. The van der Waals surface area contributed by atoms with E-state index in [1.807, 2.05) is 19.1 Å². The summed E-state index contributed by atoms with van der Waals surface area (Å²) in [6.45, 7) is 1.91. The first-order valence-corrected chi connectivity index (χ1v) is 7.37. The van der Waals surface area contributed by atoms with Crippen LogP contribution in [-0.2, 0) is 4.74 Å². The van der Waals surface area contributed by atoms with Gasteiger partial charge in [0.05, 0.1) is 13.2 Å². The molecule has 1 N–H and O–H groups in total. The van der Waals surface area contributed by atoms with Crippen LogP contribution >= 0.6 is 0 Å². The summed E-state index contributed by atoms with van der Waals surface area (Å²) in [5.74, 6) is -0.624. The fourth-order valence-corrected chi connectivity index (χ4v) is 2.80. The molecule has 0 saturated carbocycles. The maximum atomic E-state index is 13.5. The Labute approximate surface area is 136 Å². The first-order valence-electron chi connectivity index (χ1n) is 7.37. The summed E-state index contributed by atoms with van der Waals surface area (Å²) in [6, 6.07) is 6.26. The number of esters is 1. The fourth-order valence-electron chi connectivity index (χ4n) is 2.80. The van der Waals surface area contributed by atoms with E-state index >= 15 is 0 Å². The number of aryl methyl sites for hydroxylation is 1. The monoisotopic (exact) mass is 339 g/mol. The number of nitrogens with zero attached hydrogens (tertiary/aromatic N) is 2. The smallest absolute Gasteiger partial charge is 0.410 e. The van der Waals surface area contributed by atoms with Gasteiger partial charge in [-0.3, -0.25) is 0 Å². The maximum absolute atomic E-state index is 13.5. The van der Waals surface area contributed by atoms with Gasteiger partial charge in [0, 0.05) is 12.5 Å². The summed E-state index contributed by atoms with van der Waals surface area (Å²) in [6.07, 6.45) is -4.68. The van der Waals surface area contributed by atoms with Crippen molar-refractivity contribution >= 4 is 11.8 Å². The molecular formula is C16H16F3N3O2. The Hall–Kier alpha value is -2.51. The van der Waals surface area contributed by atoms with Crippen molar-refractivity contribution in [2.75, 3.05) is 12.4 Å². The number of nitrogens with one attached hydrogen (secondary N) is 1. The lowest BCUT2D eigenvalue weighted by molar-refractivity contribution is -0.173. The third kappa shape index (κ3) is 2.95. The molecule has 2 aromatic rings. The Balaban J connectivity index is 2.00. The molecule has 0 amide bonds. The van der Waals surface area contributed by atoms with Crippen molar-refractivity contribution in [3.63, 3.8) is 0 Å². The van der Waals surface area contributed by atoms with E-state index in [2.05, 4.69) is 15.2 Å². The maximum Gasteiger partial charge on any atom is 0.410 e. The number of carbonyl (C=O) groups is 1. The normalized spacial score (nSPS) is 20.2. The zero-order valence-corrected chi connectivity index (χ0v) is 13.1. The van der Waals surface area contributed by atoms with E-state index in [9.17, 15) is 18.0 Å². The predicted octanol–water partition coefficient (Wildman–Crippen LogP) is 3.64. The standard InChI is InChI=1S/C16H16F3N3O2/c1-9-3-5-10(6-4-9)11-7-13(16(17,18)19)22-14(20-11)8-12(21-22)15(23)24-2/h3-6,8,11,13,20H,7H2,1-2H3. The number of benzene rings is 1. The topological polar surface area (TPSA) is 56.2 Å². The molecule has 128 valence electrons. The molecule has 5 nitrogen and oxygen atoms in total.